The van der Waals surface area contributed by atoms with Crippen molar-refractivity contribution in [2.24, 2.45) is 0 Å². The van der Waals surface area contributed by atoms with Crippen LogP contribution in [0.1, 0.15) is 15.9 Å². The van der Waals surface area contributed by atoms with E-state index in [9.17, 15) is 14.9 Å². The average Bonchev–Trinajstić information content (AvgIpc) is 2.59. The van der Waals surface area contributed by atoms with Gasteiger partial charge in [0, 0.05) is 5.69 Å². The van der Waals surface area contributed by atoms with Gasteiger partial charge in [-0.1, -0.05) is 17.7 Å². The molecule has 26 heavy (non-hydrogen) atoms. The Morgan fingerprint density at radius 1 is 1.35 bits per heavy atom. The highest BCUT2D eigenvalue weighted by Gasteiger charge is 2.13. The van der Waals surface area contributed by atoms with Gasteiger partial charge in [-0.05, 0) is 57.9 Å². The Morgan fingerprint density at radius 3 is 2.65 bits per heavy atom. The van der Waals surface area contributed by atoms with E-state index in [-0.39, 0.29) is 16.8 Å². The molecule has 0 aliphatic carbocycles. The molecule has 132 valence electrons. The second-order valence-electron chi connectivity index (χ2n) is 5.03. The van der Waals surface area contributed by atoms with E-state index in [0.717, 1.165) is 0 Å². The second-order valence-corrected chi connectivity index (χ2v) is 6.29. The molecule has 2 N–H and O–H groups in total. The molecule has 2 rings (SSSR count). The molecule has 8 heteroatoms. The van der Waals surface area contributed by atoms with Crippen molar-refractivity contribution in [3.05, 3.63) is 62.6 Å². The molecule has 0 atom stereocenters. The lowest BCUT2D eigenvalue weighted by Gasteiger charge is -2.08. The monoisotopic (exact) mass is 434 g/mol. The third-order valence-corrected chi connectivity index (χ3v) is 4.14. The van der Waals surface area contributed by atoms with Crippen LogP contribution in [-0.2, 0) is 4.79 Å². The summed E-state index contributed by atoms with van der Waals surface area (Å²) in [6, 6.07) is 10.8. The number of amides is 1. The van der Waals surface area contributed by atoms with Gasteiger partial charge in [-0.15, -0.1) is 0 Å². The first kappa shape index (κ1) is 19.5. The van der Waals surface area contributed by atoms with Gasteiger partial charge in [0.05, 0.1) is 22.2 Å². The number of carboxylic acids is 1. The molecular formula is C18H12BrClN2O4. The number of methoxy groups -OCH3 is 1. The van der Waals surface area contributed by atoms with Crippen molar-refractivity contribution in [1.82, 2.24) is 0 Å². The lowest BCUT2D eigenvalue weighted by Crippen LogP contribution is -2.14. The summed E-state index contributed by atoms with van der Waals surface area (Å²) in [5, 5.41) is 21.1. The quantitative estimate of drug-likeness (QED) is 0.537. The minimum atomic E-state index is -1.12. The summed E-state index contributed by atoms with van der Waals surface area (Å²) in [6.07, 6.45) is 1.37. The molecule has 0 fully saturated rings. The Bertz CT molecular complexity index is 927. The van der Waals surface area contributed by atoms with Crippen LogP contribution in [0.5, 0.6) is 5.75 Å². The topological polar surface area (TPSA) is 99.4 Å². The van der Waals surface area contributed by atoms with Gasteiger partial charge in [0.15, 0.2) is 5.75 Å². The summed E-state index contributed by atoms with van der Waals surface area (Å²) >= 11 is 9.40. The molecule has 0 aromatic heterocycles. The third-order valence-electron chi connectivity index (χ3n) is 3.27. The molecule has 6 nitrogen and oxygen atoms in total. The number of carbonyl (C=O) groups is 2. The summed E-state index contributed by atoms with van der Waals surface area (Å²) in [6.45, 7) is 0. The fraction of sp³-hybridized carbons (Fsp3) is 0.0556. The van der Waals surface area contributed by atoms with Crippen LogP contribution in [-0.4, -0.2) is 24.1 Å². The van der Waals surface area contributed by atoms with E-state index < -0.39 is 11.9 Å². The zero-order valence-corrected chi connectivity index (χ0v) is 15.8. The van der Waals surface area contributed by atoms with Crippen molar-refractivity contribution in [2.75, 3.05) is 12.4 Å². The van der Waals surface area contributed by atoms with E-state index in [1.54, 1.807) is 12.1 Å². The fourth-order valence-corrected chi connectivity index (χ4v) is 3.16. The van der Waals surface area contributed by atoms with Gasteiger partial charge in [0.25, 0.3) is 5.91 Å². The highest BCUT2D eigenvalue weighted by atomic mass is 79.9. The van der Waals surface area contributed by atoms with Crippen LogP contribution >= 0.6 is 27.5 Å². The SMILES string of the molecule is COc1c(Cl)cc(/C=C(/C#N)C(=O)Nc2cccc(C(=O)O)c2)cc1Br. The Kier molecular flexibility index (Phi) is 6.39. The number of hydrogen-bond acceptors (Lipinski definition) is 4. The van der Waals surface area contributed by atoms with Crippen LogP contribution in [0.2, 0.25) is 5.02 Å². The molecule has 0 bridgehead atoms. The molecule has 1 amide bonds. The number of halogens is 2. The molecule has 2 aromatic rings. The highest BCUT2D eigenvalue weighted by molar-refractivity contribution is 9.10. The first-order chi connectivity index (χ1) is 12.3. The van der Waals surface area contributed by atoms with Crippen LogP contribution < -0.4 is 10.1 Å². The third kappa shape index (κ3) is 4.63. The van der Waals surface area contributed by atoms with E-state index in [4.69, 9.17) is 21.4 Å². The molecule has 0 spiro atoms. The Balaban J connectivity index is 2.29. The molecule has 0 radical (unpaired) electrons. The van der Waals surface area contributed by atoms with Gasteiger partial charge < -0.3 is 15.2 Å². The van der Waals surface area contributed by atoms with Gasteiger partial charge in [-0.25, -0.2) is 4.79 Å². The number of carbonyl (C=O) groups excluding carboxylic acids is 1. The molecule has 0 aliphatic heterocycles. The summed E-state index contributed by atoms with van der Waals surface area (Å²) in [7, 11) is 1.47. The second kappa shape index (κ2) is 8.52. The lowest BCUT2D eigenvalue weighted by molar-refractivity contribution is -0.112. The standard InChI is InChI=1S/C18H12BrClN2O4/c1-26-16-14(19)6-10(7-15(16)20)5-12(9-21)17(23)22-13-4-2-3-11(8-13)18(24)25/h2-8H,1H3,(H,22,23)(H,24,25)/b12-5-. The maximum Gasteiger partial charge on any atom is 0.335 e. The number of nitrogens with zero attached hydrogens (tertiary/aromatic N) is 1. The van der Waals surface area contributed by atoms with Crippen molar-refractivity contribution in [3.63, 3.8) is 0 Å². The maximum atomic E-state index is 12.3. The first-order valence-electron chi connectivity index (χ1n) is 7.15. The van der Waals surface area contributed by atoms with E-state index in [2.05, 4.69) is 21.2 Å². The molecular weight excluding hydrogens is 424 g/mol. The van der Waals surface area contributed by atoms with E-state index >= 15 is 0 Å². The maximum absolute atomic E-state index is 12.3. The average molecular weight is 436 g/mol. The number of nitrogens with one attached hydrogen (secondary N) is 1. The Hall–Kier alpha value is -2.82. The number of benzene rings is 2. The van der Waals surface area contributed by atoms with Crippen LogP contribution in [0.25, 0.3) is 6.08 Å². The highest BCUT2D eigenvalue weighted by Crippen LogP contribution is 2.34. The first-order valence-corrected chi connectivity index (χ1v) is 8.32. The molecule has 2 aromatic carbocycles. The predicted molar refractivity (Wildman–Crippen MR) is 101 cm³/mol. The molecule has 0 heterocycles. The predicted octanol–water partition coefficient (Wildman–Crippen LogP) is 4.35. The Labute approximate surface area is 162 Å². The summed E-state index contributed by atoms with van der Waals surface area (Å²) in [4.78, 5) is 23.3. The lowest BCUT2D eigenvalue weighted by atomic mass is 10.1. The van der Waals surface area contributed by atoms with Crippen LogP contribution in [0, 0.1) is 11.3 Å². The minimum Gasteiger partial charge on any atom is -0.494 e. The molecule has 0 saturated heterocycles. The summed E-state index contributed by atoms with van der Waals surface area (Å²) < 4.78 is 5.70. The van der Waals surface area contributed by atoms with Gasteiger partial charge in [0.1, 0.15) is 11.6 Å². The number of hydrogen-bond donors (Lipinski definition) is 2. The number of rotatable bonds is 5. The van der Waals surface area contributed by atoms with Crippen molar-refractivity contribution in [2.45, 2.75) is 0 Å². The van der Waals surface area contributed by atoms with Crippen LogP contribution in [0.3, 0.4) is 0 Å². The van der Waals surface area contributed by atoms with E-state index in [0.29, 0.717) is 20.8 Å². The smallest absolute Gasteiger partial charge is 0.335 e. The summed E-state index contributed by atoms with van der Waals surface area (Å²) in [5.41, 5.74) is 0.647. The number of anilines is 1. The number of ether oxygens (including phenoxy) is 1. The van der Waals surface area contributed by atoms with Gasteiger partial charge >= 0.3 is 5.97 Å². The molecule has 0 saturated carbocycles. The normalized spacial score (nSPS) is 10.8. The van der Waals surface area contributed by atoms with Gasteiger partial charge in [-0.3, -0.25) is 4.79 Å². The Morgan fingerprint density at radius 2 is 2.08 bits per heavy atom. The van der Waals surface area contributed by atoms with Crippen LogP contribution in [0.4, 0.5) is 5.69 Å². The molecule has 0 aliphatic rings. The van der Waals surface area contributed by atoms with Crippen LogP contribution in [0.15, 0.2) is 46.4 Å². The van der Waals surface area contributed by atoms with E-state index in [1.807, 2.05) is 6.07 Å². The number of aromatic carboxylic acids is 1. The largest absolute Gasteiger partial charge is 0.494 e. The zero-order valence-electron chi connectivity index (χ0n) is 13.4. The zero-order chi connectivity index (χ0) is 19.3. The summed E-state index contributed by atoms with van der Waals surface area (Å²) in [5.74, 6) is -1.34. The van der Waals surface area contributed by atoms with E-state index in [1.165, 1.54) is 37.5 Å². The number of carboxylic acid groups (broad SMARTS) is 1. The number of nitriles is 1. The fourth-order valence-electron chi connectivity index (χ4n) is 2.10. The van der Waals surface area contributed by atoms with Crippen molar-refractivity contribution >= 4 is 51.2 Å². The molecule has 0 unspecified atom stereocenters. The van der Waals surface area contributed by atoms with Gasteiger partial charge in [0.2, 0.25) is 0 Å². The van der Waals surface area contributed by atoms with Crippen molar-refractivity contribution in [1.29, 1.82) is 5.26 Å². The van der Waals surface area contributed by atoms with Crippen molar-refractivity contribution in [3.8, 4) is 11.8 Å². The van der Waals surface area contributed by atoms with Crippen molar-refractivity contribution < 1.29 is 19.4 Å². The van der Waals surface area contributed by atoms with Gasteiger partial charge in [-0.2, -0.15) is 5.26 Å². The minimum absolute atomic E-state index is 0.0242.